The van der Waals surface area contributed by atoms with E-state index in [9.17, 15) is 0 Å². The number of nitrogens with two attached hydrogens (primary N) is 1. The second kappa shape index (κ2) is 39.8. The van der Waals surface area contributed by atoms with E-state index in [4.69, 9.17) is 5.73 Å². The highest BCUT2D eigenvalue weighted by atomic mass is 15.3. The quantitative estimate of drug-likeness (QED) is 0.673. The van der Waals surface area contributed by atoms with Crippen LogP contribution in [-0.4, -0.2) is 81.2 Å². The van der Waals surface area contributed by atoms with Crippen molar-refractivity contribution in [2.45, 2.75) is 82.1 Å². The van der Waals surface area contributed by atoms with Crippen LogP contribution in [0, 0.1) is 0 Å². The summed E-state index contributed by atoms with van der Waals surface area (Å²) in [6, 6.07) is 0. The molecule has 0 amide bonds. The van der Waals surface area contributed by atoms with E-state index in [0.717, 1.165) is 13.0 Å². The summed E-state index contributed by atoms with van der Waals surface area (Å²) in [6.45, 7) is 29.4. The number of hydrogen-bond donors (Lipinski definition) is 1. The Morgan fingerprint density at radius 3 is 1.19 bits per heavy atom. The maximum atomic E-state index is 5.53. The summed E-state index contributed by atoms with van der Waals surface area (Å²) < 4.78 is 0. The smallest absolute Gasteiger partial charge is 0.0110 e. The van der Waals surface area contributed by atoms with Crippen molar-refractivity contribution in [1.29, 1.82) is 0 Å². The molecule has 0 aromatic carbocycles. The second-order valence-corrected chi connectivity index (χ2v) is 4.98. The monoisotopic (exact) mass is 378 g/mol. The molecule has 166 valence electrons. The predicted octanol–water partition coefficient (Wildman–Crippen LogP) is 5.04. The van der Waals surface area contributed by atoms with Gasteiger partial charge in [-0.05, 0) is 53.1 Å². The van der Waals surface area contributed by atoms with Crippen molar-refractivity contribution in [1.82, 2.24) is 14.7 Å². The van der Waals surface area contributed by atoms with Crippen LogP contribution in [0.1, 0.15) is 82.1 Å². The zero-order valence-corrected chi connectivity index (χ0v) is 21.0. The molecular formula is C22H58N4. The second-order valence-electron chi connectivity index (χ2n) is 4.98. The minimum atomic E-state index is 0.822. The molecule has 1 fully saturated rings. The summed E-state index contributed by atoms with van der Waals surface area (Å²) >= 11 is 0. The third-order valence-electron chi connectivity index (χ3n) is 3.22. The summed E-state index contributed by atoms with van der Waals surface area (Å²) in [6.07, 6.45) is 2.43. The van der Waals surface area contributed by atoms with Gasteiger partial charge in [-0.1, -0.05) is 69.2 Å². The van der Waals surface area contributed by atoms with Crippen molar-refractivity contribution in [3.05, 3.63) is 0 Å². The molecule has 26 heavy (non-hydrogen) atoms. The third kappa shape index (κ3) is 31.6. The van der Waals surface area contributed by atoms with Gasteiger partial charge in [0.15, 0.2) is 0 Å². The topological polar surface area (TPSA) is 35.7 Å². The largest absolute Gasteiger partial charge is 0.330 e. The lowest BCUT2D eigenvalue weighted by Crippen LogP contribution is -2.47. The molecule has 1 saturated heterocycles. The molecule has 1 heterocycles. The highest BCUT2D eigenvalue weighted by molar-refractivity contribution is 4.72. The van der Waals surface area contributed by atoms with Gasteiger partial charge in [-0.25, -0.2) is 0 Å². The maximum absolute atomic E-state index is 5.53. The van der Waals surface area contributed by atoms with Crippen molar-refractivity contribution in [2.24, 2.45) is 5.73 Å². The molecule has 0 bridgehead atoms. The van der Waals surface area contributed by atoms with Crippen molar-refractivity contribution in [3.63, 3.8) is 0 Å². The molecule has 4 nitrogen and oxygen atoms in total. The minimum Gasteiger partial charge on any atom is -0.330 e. The standard InChI is InChI=1S/C12H28N4.5C2H6/c1-14(2)6-4-8-16-11-9-15(10-12-16)7-3-5-13;5*1-2/h3-13H2,1-2H3;5*1-2H3. The van der Waals surface area contributed by atoms with Gasteiger partial charge in [0.1, 0.15) is 0 Å². The molecule has 2 N–H and O–H groups in total. The molecule has 0 spiro atoms. The van der Waals surface area contributed by atoms with Gasteiger partial charge in [-0.3, -0.25) is 0 Å². The van der Waals surface area contributed by atoms with Crippen LogP contribution < -0.4 is 5.73 Å². The number of nitrogens with zero attached hydrogens (tertiary/aromatic N) is 3. The van der Waals surface area contributed by atoms with E-state index in [1.807, 2.05) is 69.2 Å². The molecule has 0 radical (unpaired) electrons. The summed E-state index contributed by atoms with van der Waals surface area (Å²) in [7, 11) is 4.29. The van der Waals surface area contributed by atoms with Crippen molar-refractivity contribution < 1.29 is 0 Å². The first-order valence-corrected chi connectivity index (χ1v) is 11.5. The van der Waals surface area contributed by atoms with Gasteiger partial charge in [-0.2, -0.15) is 0 Å². The van der Waals surface area contributed by atoms with Gasteiger partial charge in [0.2, 0.25) is 0 Å². The van der Waals surface area contributed by atoms with Crippen LogP contribution in [0.25, 0.3) is 0 Å². The van der Waals surface area contributed by atoms with Crippen LogP contribution in [0.2, 0.25) is 0 Å². The Morgan fingerprint density at radius 1 is 0.615 bits per heavy atom. The highest BCUT2D eigenvalue weighted by Crippen LogP contribution is 2.03. The molecule has 0 atom stereocenters. The molecule has 0 unspecified atom stereocenters. The fourth-order valence-corrected chi connectivity index (χ4v) is 2.16. The van der Waals surface area contributed by atoms with Crippen LogP contribution in [0.15, 0.2) is 0 Å². The van der Waals surface area contributed by atoms with E-state index in [0.29, 0.717) is 0 Å². The molecule has 1 rings (SSSR count). The van der Waals surface area contributed by atoms with Gasteiger partial charge in [0.05, 0.1) is 0 Å². The van der Waals surface area contributed by atoms with E-state index >= 15 is 0 Å². The molecule has 0 saturated carbocycles. The minimum absolute atomic E-state index is 0.822. The summed E-state index contributed by atoms with van der Waals surface area (Å²) in [4.78, 5) is 7.38. The lowest BCUT2D eigenvalue weighted by atomic mass is 10.2. The van der Waals surface area contributed by atoms with Crippen LogP contribution in [0.5, 0.6) is 0 Å². The van der Waals surface area contributed by atoms with E-state index < -0.39 is 0 Å². The molecule has 1 aliphatic heterocycles. The highest BCUT2D eigenvalue weighted by Gasteiger charge is 2.15. The molecule has 0 aromatic rings. The zero-order valence-electron chi connectivity index (χ0n) is 21.0. The Kier molecular flexibility index (Phi) is 56.2. The molecule has 0 aliphatic carbocycles. The van der Waals surface area contributed by atoms with Crippen LogP contribution >= 0.6 is 0 Å². The number of piperazine rings is 1. The van der Waals surface area contributed by atoms with Gasteiger partial charge in [-0.15, -0.1) is 0 Å². The fraction of sp³-hybridized carbons (Fsp3) is 1.00. The van der Waals surface area contributed by atoms with Crippen LogP contribution in [-0.2, 0) is 0 Å². The first-order chi connectivity index (χ1) is 12.7. The molecule has 0 aromatic heterocycles. The van der Waals surface area contributed by atoms with Gasteiger partial charge in [0, 0.05) is 26.2 Å². The fourth-order valence-electron chi connectivity index (χ4n) is 2.16. The van der Waals surface area contributed by atoms with Gasteiger partial charge < -0.3 is 20.4 Å². The Labute approximate surface area is 169 Å². The average Bonchev–Trinajstić information content (AvgIpc) is 2.74. The predicted molar refractivity (Wildman–Crippen MR) is 126 cm³/mol. The Balaban J connectivity index is -0.000000127. The van der Waals surface area contributed by atoms with Crippen LogP contribution in [0.3, 0.4) is 0 Å². The summed E-state index contributed by atoms with van der Waals surface area (Å²) in [5.74, 6) is 0. The lowest BCUT2D eigenvalue weighted by Gasteiger charge is -2.34. The third-order valence-corrected chi connectivity index (χ3v) is 3.22. The first-order valence-electron chi connectivity index (χ1n) is 11.5. The maximum Gasteiger partial charge on any atom is 0.0110 e. The summed E-state index contributed by atoms with van der Waals surface area (Å²) in [5.41, 5.74) is 5.53. The lowest BCUT2D eigenvalue weighted by molar-refractivity contribution is 0.128. The molecular weight excluding hydrogens is 320 g/mol. The SMILES string of the molecule is CC.CC.CC.CC.CC.CN(C)CCCN1CCN(CCCN)CC1. The summed E-state index contributed by atoms with van der Waals surface area (Å²) in [5, 5.41) is 0. The Bertz CT molecular complexity index is 168. The Hall–Kier alpha value is -0.160. The van der Waals surface area contributed by atoms with E-state index in [2.05, 4.69) is 28.8 Å². The van der Waals surface area contributed by atoms with Gasteiger partial charge >= 0.3 is 0 Å². The van der Waals surface area contributed by atoms with Crippen molar-refractivity contribution in [3.8, 4) is 0 Å². The van der Waals surface area contributed by atoms with E-state index in [1.54, 1.807) is 0 Å². The van der Waals surface area contributed by atoms with Crippen molar-refractivity contribution >= 4 is 0 Å². The van der Waals surface area contributed by atoms with Crippen LogP contribution in [0.4, 0.5) is 0 Å². The van der Waals surface area contributed by atoms with E-state index in [-0.39, 0.29) is 0 Å². The molecule has 1 aliphatic rings. The number of hydrogen-bond acceptors (Lipinski definition) is 4. The first kappa shape index (κ1) is 36.7. The average molecular weight is 379 g/mol. The van der Waals surface area contributed by atoms with Gasteiger partial charge in [0.25, 0.3) is 0 Å². The molecule has 4 heteroatoms. The normalized spacial score (nSPS) is 13.2. The zero-order chi connectivity index (χ0) is 21.8. The van der Waals surface area contributed by atoms with E-state index in [1.165, 1.54) is 52.2 Å². The number of rotatable bonds is 7. The van der Waals surface area contributed by atoms with Crippen molar-refractivity contribution in [2.75, 3.05) is 66.5 Å². The Morgan fingerprint density at radius 2 is 0.923 bits per heavy atom.